The highest BCUT2D eigenvalue weighted by atomic mass is 31.2. The Hall–Kier alpha value is -1.74. The summed E-state index contributed by atoms with van der Waals surface area (Å²) in [5.41, 5.74) is 0. The zero-order valence-electron chi connectivity index (χ0n) is 33.6. The number of phosphoric acid groups is 1. The van der Waals surface area contributed by atoms with Crippen LogP contribution in [-0.4, -0.2) is 105 Å². The van der Waals surface area contributed by atoms with E-state index in [0.29, 0.717) is 25.7 Å². The summed E-state index contributed by atoms with van der Waals surface area (Å²) in [6.45, 7) is 4.08. The average Bonchev–Trinajstić information content (AvgIpc) is 3.40. The van der Waals surface area contributed by atoms with Gasteiger partial charge in [0.25, 0.3) is 0 Å². The van der Waals surface area contributed by atoms with E-state index in [1.165, 1.54) is 25.7 Å². The summed E-state index contributed by atoms with van der Waals surface area (Å²) in [6, 6.07) is 0. The number of unbranched alkanes of at least 4 members (excludes halogenated alkanes) is 10. The van der Waals surface area contributed by atoms with Gasteiger partial charge >= 0.3 is 19.8 Å². The van der Waals surface area contributed by atoms with Crippen LogP contribution in [0.1, 0.15) is 149 Å². The fourth-order valence-corrected chi connectivity index (χ4v) is 7.32. The summed E-state index contributed by atoms with van der Waals surface area (Å²) in [7, 11) is -4.70. The van der Waals surface area contributed by atoms with Crippen LogP contribution in [0.5, 0.6) is 0 Å². The molecule has 6 N–H and O–H groups in total. The number of rotatable bonds is 34. The molecule has 0 bridgehead atoms. The molecule has 55 heavy (non-hydrogen) atoms. The fraction of sp³-hybridized carbons (Fsp3) is 0.875. The molecule has 14 nitrogen and oxygen atoms in total. The van der Waals surface area contributed by atoms with Gasteiger partial charge in [0.1, 0.15) is 18.5 Å². The lowest BCUT2D eigenvalue weighted by Crippen LogP contribution is -2.29. The SMILES string of the molecule is CCCCC[C@H](O)/C=C/[C@@H]1[C@@H](CC(=O)CCCCC(=O)OC[C@H](COP(=O)(O)OC[C@@H](O)CO)OC(=O)CCCCCCCCCCC(C)C)[C@@H](O)C[C@H]1O. The third kappa shape index (κ3) is 26.0. The van der Waals surface area contributed by atoms with Gasteiger partial charge in [0.05, 0.1) is 38.1 Å². The Labute approximate surface area is 329 Å². The lowest BCUT2D eigenvalue weighted by molar-refractivity contribution is -0.161. The van der Waals surface area contributed by atoms with Crippen LogP contribution in [0.2, 0.25) is 0 Å². The molecule has 1 saturated carbocycles. The number of ether oxygens (including phenoxy) is 2. The number of hydrogen-bond acceptors (Lipinski definition) is 13. The summed E-state index contributed by atoms with van der Waals surface area (Å²) < 4.78 is 32.5. The number of ketones is 1. The van der Waals surface area contributed by atoms with Crippen LogP contribution in [0.4, 0.5) is 0 Å². The van der Waals surface area contributed by atoms with E-state index in [1.54, 1.807) is 12.2 Å². The van der Waals surface area contributed by atoms with Gasteiger partial charge < -0.3 is 39.9 Å². The topological polar surface area (TPSA) is 227 Å². The van der Waals surface area contributed by atoms with Gasteiger partial charge in [0, 0.05) is 43.9 Å². The molecule has 1 aliphatic rings. The molecule has 0 amide bonds. The van der Waals surface area contributed by atoms with Crippen molar-refractivity contribution in [2.24, 2.45) is 17.8 Å². The first-order chi connectivity index (χ1) is 26.2. The first-order valence-corrected chi connectivity index (χ1v) is 22.2. The van der Waals surface area contributed by atoms with Crippen LogP contribution in [0.3, 0.4) is 0 Å². The van der Waals surface area contributed by atoms with Crippen molar-refractivity contribution < 1.29 is 67.9 Å². The van der Waals surface area contributed by atoms with Gasteiger partial charge in [0.2, 0.25) is 0 Å². The van der Waals surface area contributed by atoms with Crippen LogP contribution in [-0.2, 0) is 37.5 Å². The molecule has 8 atom stereocenters. The standard InChI is InChI=1S/C40H73O14P/c1-4-5-12-18-31(42)22-23-35-36(38(46)25-37(35)45)24-32(43)19-15-16-20-39(47)51-28-34(29-53-55(49,50)52-27-33(44)26-41)54-40(48)21-14-11-9-7-6-8-10-13-17-30(2)3/h22-23,30-31,33-38,41-42,44-46H,4-21,24-29H2,1-3H3,(H,49,50)/b23-22+/t31-,33-,34+,35+,36+,37+,38-/m0/s1. The zero-order chi connectivity index (χ0) is 41.1. The van der Waals surface area contributed by atoms with E-state index in [1.807, 2.05) is 0 Å². The monoisotopic (exact) mass is 808 g/mol. The molecule has 0 aromatic rings. The first-order valence-electron chi connectivity index (χ1n) is 20.7. The van der Waals surface area contributed by atoms with E-state index in [-0.39, 0.29) is 37.9 Å². The average molecular weight is 809 g/mol. The van der Waals surface area contributed by atoms with Gasteiger partial charge in [-0.1, -0.05) is 104 Å². The molecule has 0 aliphatic heterocycles. The van der Waals surface area contributed by atoms with E-state index in [2.05, 4.69) is 25.3 Å². The van der Waals surface area contributed by atoms with Gasteiger partial charge in [-0.2, -0.15) is 0 Å². The van der Waals surface area contributed by atoms with E-state index in [0.717, 1.165) is 50.9 Å². The highest BCUT2D eigenvalue weighted by Crippen LogP contribution is 2.43. The van der Waals surface area contributed by atoms with Crippen LogP contribution in [0.15, 0.2) is 12.2 Å². The van der Waals surface area contributed by atoms with Crippen molar-refractivity contribution in [1.82, 2.24) is 0 Å². The molecule has 322 valence electrons. The zero-order valence-corrected chi connectivity index (χ0v) is 34.5. The van der Waals surface area contributed by atoms with Gasteiger partial charge in [-0.3, -0.25) is 23.4 Å². The maximum absolute atomic E-state index is 12.8. The van der Waals surface area contributed by atoms with Crippen molar-refractivity contribution >= 4 is 25.5 Å². The largest absolute Gasteiger partial charge is 0.472 e. The Morgan fingerprint density at radius 1 is 0.764 bits per heavy atom. The van der Waals surface area contributed by atoms with Crippen LogP contribution >= 0.6 is 7.82 Å². The molecular formula is C40H73O14P. The molecule has 0 saturated heterocycles. The first kappa shape index (κ1) is 51.3. The molecule has 1 fully saturated rings. The highest BCUT2D eigenvalue weighted by molar-refractivity contribution is 7.47. The summed E-state index contributed by atoms with van der Waals surface area (Å²) in [5, 5.41) is 49.5. The Morgan fingerprint density at radius 2 is 1.35 bits per heavy atom. The smallest absolute Gasteiger partial charge is 0.462 e. The van der Waals surface area contributed by atoms with Crippen molar-refractivity contribution in [2.75, 3.05) is 26.4 Å². The van der Waals surface area contributed by atoms with Gasteiger partial charge in [-0.25, -0.2) is 4.57 Å². The lowest BCUT2D eigenvalue weighted by atomic mass is 9.87. The number of carbonyl (C=O) groups excluding carboxylic acids is 3. The van der Waals surface area contributed by atoms with Crippen molar-refractivity contribution in [1.29, 1.82) is 0 Å². The molecule has 1 rings (SSSR count). The predicted octanol–water partition coefficient (Wildman–Crippen LogP) is 5.86. The number of Topliss-reactive ketones (excluding diaryl/α,β-unsaturated/α-hetero) is 1. The summed E-state index contributed by atoms with van der Waals surface area (Å²) in [5.74, 6) is -1.52. The molecule has 15 heteroatoms. The second-order valence-corrected chi connectivity index (χ2v) is 16.9. The van der Waals surface area contributed by atoms with E-state index in [4.69, 9.17) is 19.1 Å². The molecule has 0 heterocycles. The number of phosphoric ester groups is 1. The minimum Gasteiger partial charge on any atom is -0.462 e. The minimum absolute atomic E-state index is 0.0424. The summed E-state index contributed by atoms with van der Waals surface area (Å²) in [6.07, 6.45) is 12.7. The number of hydrogen-bond donors (Lipinski definition) is 6. The molecule has 0 aromatic carbocycles. The van der Waals surface area contributed by atoms with Gasteiger partial charge in [-0.05, 0) is 31.6 Å². The van der Waals surface area contributed by atoms with Crippen LogP contribution in [0, 0.1) is 17.8 Å². The van der Waals surface area contributed by atoms with E-state index in [9.17, 15) is 44.3 Å². The summed E-state index contributed by atoms with van der Waals surface area (Å²) >= 11 is 0. The Balaban J connectivity index is 2.53. The quantitative estimate of drug-likeness (QED) is 0.0194. The van der Waals surface area contributed by atoms with Gasteiger partial charge in [0.15, 0.2) is 6.10 Å². The molecule has 1 aliphatic carbocycles. The highest BCUT2D eigenvalue weighted by Gasteiger charge is 2.41. The Morgan fingerprint density at radius 3 is 2.00 bits per heavy atom. The molecular weight excluding hydrogens is 735 g/mol. The van der Waals surface area contributed by atoms with Crippen LogP contribution < -0.4 is 0 Å². The van der Waals surface area contributed by atoms with Gasteiger partial charge in [-0.15, -0.1) is 0 Å². The maximum atomic E-state index is 12.8. The predicted molar refractivity (Wildman–Crippen MR) is 208 cm³/mol. The summed E-state index contributed by atoms with van der Waals surface area (Å²) in [4.78, 5) is 47.9. The molecule has 0 radical (unpaired) electrons. The molecule has 1 unspecified atom stereocenters. The second kappa shape index (κ2) is 30.4. The minimum atomic E-state index is -4.70. The lowest BCUT2D eigenvalue weighted by Gasteiger charge is -2.20. The Bertz CT molecular complexity index is 1120. The van der Waals surface area contributed by atoms with Crippen LogP contribution in [0.25, 0.3) is 0 Å². The van der Waals surface area contributed by atoms with Crippen molar-refractivity contribution in [3.8, 4) is 0 Å². The maximum Gasteiger partial charge on any atom is 0.472 e. The van der Waals surface area contributed by atoms with Crippen molar-refractivity contribution in [3.05, 3.63) is 12.2 Å². The molecule has 0 aromatic heterocycles. The third-order valence-corrected chi connectivity index (χ3v) is 10.8. The number of aliphatic hydroxyl groups excluding tert-OH is 5. The van der Waals surface area contributed by atoms with E-state index >= 15 is 0 Å². The Kier molecular flexibility index (Phi) is 28.3. The number of aliphatic hydroxyl groups is 5. The van der Waals surface area contributed by atoms with E-state index < -0.39 is 88.5 Å². The normalized spacial score (nSPS) is 21.4. The fourth-order valence-electron chi connectivity index (χ4n) is 6.53. The third-order valence-electron chi connectivity index (χ3n) is 9.83. The molecule has 0 spiro atoms. The number of esters is 2. The van der Waals surface area contributed by atoms with Crippen molar-refractivity contribution in [3.63, 3.8) is 0 Å². The van der Waals surface area contributed by atoms with Crippen molar-refractivity contribution in [2.45, 2.75) is 180 Å². The number of carbonyl (C=O) groups is 3. The second-order valence-electron chi connectivity index (χ2n) is 15.5.